The second-order valence-electron chi connectivity index (χ2n) is 10.7. The van der Waals surface area contributed by atoms with Crippen LogP contribution < -0.4 is 11.4 Å². The van der Waals surface area contributed by atoms with Gasteiger partial charge in [-0.25, -0.2) is 23.5 Å². The SMILES string of the molecule is O=c1n(-c2ccccc2)c(=O)n2n1[C@H]1[C@@H]3C4C5[C@@]16CN(Cc1ccccc1)C[C@]56[C@@H]2[C@@H]43. The van der Waals surface area contributed by atoms with Crippen LogP contribution in [-0.2, 0) is 6.54 Å². The lowest BCUT2D eigenvalue weighted by Gasteiger charge is -2.45. The maximum absolute atomic E-state index is 13.6. The molecular formula is C25H22N4O2. The predicted octanol–water partition coefficient (Wildman–Crippen LogP) is 1.90. The molecule has 10 rings (SSSR count). The molecule has 2 spiro atoms. The molecule has 3 aromatic rings. The Morgan fingerprint density at radius 2 is 1.29 bits per heavy atom. The normalized spacial score (nSPS) is 43.7. The summed E-state index contributed by atoms with van der Waals surface area (Å²) < 4.78 is 5.24. The molecule has 154 valence electrons. The van der Waals surface area contributed by atoms with E-state index in [0.717, 1.165) is 31.5 Å². The molecule has 0 N–H and O–H groups in total. The number of nitrogens with zero attached hydrogens (tertiary/aromatic N) is 4. The lowest BCUT2D eigenvalue weighted by molar-refractivity contribution is 0.0280. The average molecular weight is 410 g/mol. The fourth-order valence-electron chi connectivity index (χ4n) is 9.61. The van der Waals surface area contributed by atoms with Gasteiger partial charge in [0.05, 0.1) is 17.8 Å². The van der Waals surface area contributed by atoms with Gasteiger partial charge >= 0.3 is 11.4 Å². The van der Waals surface area contributed by atoms with E-state index >= 15 is 0 Å². The zero-order chi connectivity index (χ0) is 20.3. The van der Waals surface area contributed by atoms with Crippen molar-refractivity contribution < 1.29 is 0 Å². The summed E-state index contributed by atoms with van der Waals surface area (Å²) in [4.78, 5) is 29.8. The molecule has 3 aliphatic heterocycles. The van der Waals surface area contributed by atoms with Crippen molar-refractivity contribution >= 4 is 0 Å². The molecule has 6 nitrogen and oxygen atoms in total. The Bertz CT molecular complexity index is 1360. The molecule has 7 aliphatic rings. The number of aromatic nitrogens is 3. The molecule has 6 heteroatoms. The number of para-hydroxylation sites is 1. The van der Waals surface area contributed by atoms with Crippen LogP contribution in [0.15, 0.2) is 70.3 Å². The van der Waals surface area contributed by atoms with Gasteiger partial charge in [-0.15, -0.1) is 0 Å². The van der Waals surface area contributed by atoms with Crippen molar-refractivity contribution in [1.29, 1.82) is 0 Å². The summed E-state index contributed by atoms with van der Waals surface area (Å²) in [6.07, 6.45) is 0. The third-order valence-corrected chi connectivity index (χ3v) is 10.0. The van der Waals surface area contributed by atoms with E-state index in [2.05, 4.69) is 35.2 Å². The van der Waals surface area contributed by atoms with E-state index in [1.165, 1.54) is 10.1 Å². The van der Waals surface area contributed by atoms with E-state index in [0.29, 0.717) is 17.5 Å². The summed E-state index contributed by atoms with van der Waals surface area (Å²) in [5.74, 6) is 2.73. The molecule has 4 heterocycles. The molecule has 5 fully saturated rings. The van der Waals surface area contributed by atoms with Crippen LogP contribution >= 0.6 is 0 Å². The summed E-state index contributed by atoms with van der Waals surface area (Å²) >= 11 is 0. The smallest absolute Gasteiger partial charge is 0.298 e. The maximum atomic E-state index is 13.6. The zero-order valence-electron chi connectivity index (χ0n) is 17.0. The van der Waals surface area contributed by atoms with E-state index in [1.807, 2.05) is 39.7 Å². The lowest BCUT2D eigenvalue weighted by atomic mass is 9.73. The summed E-state index contributed by atoms with van der Waals surface area (Å²) in [7, 11) is 0. The van der Waals surface area contributed by atoms with Gasteiger partial charge in [0.2, 0.25) is 0 Å². The first kappa shape index (κ1) is 15.9. The van der Waals surface area contributed by atoms with E-state index in [1.54, 1.807) is 0 Å². The first-order chi connectivity index (χ1) is 15.2. The van der Waals surface area contributed by atoms with E-state index in [9.17, 15) is 9.59 Å². The molecule has 8 atom stereocenters. The van der Waals surface area contributed by atoms with Gasteiger partial charge in [-0.1, -0.05) is 48.5 Å². The van der Waals surface area contributed by atoms with Crippen molar-refractivity contribution in [1.82, 2.24) is 18.8 Å². The highest BCUT2D eigenvalue weighted by molar-refractivity contribution is 5.51. The Morgan fingerprint density at radius 3 is 1.87 bits per heavy atom. The van der Waals surface area contributed by atoms with Gasteiger partial charge in [0.1, 0.15) is 0 Å². The molecule has 0 radical (unpaired) electrons. The Balaban J connectivity index is 1.20. The quantitative estimate of drug-likeness (QED) is 0.663. The van der Waals surface area contributed by atoms with Gasteiger partial charge in [0.15, 0.2) is 0 Å². The van der Waals surface area contributed by atoms with Crippen molar-refractivity contribution in [2.45, 2.75) is 18.6 Å². The molecule has 2 bridgehead atoms. The minimum absolute atomic E-state index is 0.132. The van der Waals surface area contributed by atoms with Crippen molar-refractivity contribution in [2.24, 2.45) is 34.5 Å². The Labute approximate surface area is 178 Å². The molecule has 31 heavy (non-hydrogen) atoms. The van der Waals surface area contributed by atoms with E-state index in [4.69, 9.17) is 0 Å². The molecule has 4 aliphatic carbocycles. The molecule has 2 unspecified atom stereocenters. The first-order valence-electron chi connectivity index (χ1n) is 11.5. The summed E-state index contributed by atoms with van der Waals surface area (Å²) in [5.41, 5.74) is 2.21. The van der Waals surface area contributed by atoms with Crippen LogP contribution in [0.5, 0.6) is 0 Å². The molecule has 1 saturated heterocycles. The van der Waals surface area contributed by atoms with Gasteiger partial charge in [0.25, 0.3) is 0 Å². The van der Waals surface area contributed by atoms with Crippen LogP contribution in [0.2, 0.25) is 0 Å². The lowest BCUT2D eigenvalue weighted by Crippen LogP contribution is -2.52. The van der Waals surface area contributed by atoms with E-state index in [-0.39, 0.29) is 34.3 Å². The summed E-state index contributed by atoms with van der Waals surface area (Å²) in [5, 5.41) is 0. The molecular weight excluding hydrogens is 388 g/mol. The zero-order valence-corrected chi connectivity index (χ0v) is 17.0. The van der Waals surface area contributed by atoms with Gasteiger partial charge in [-0.3, -0.25) is 4.90 Å². The molecule has 4 saturated carbocycles. The number of benzene rings is 2. The Morgan fingerprint density at radius 1 is 0.742 bits per heavy atom. The third kappa shape index (κ3) is 1.36. The van der Waals surface area contributed by atoms with Crippen LogP contribution in [0.25, 0.3) is 5.69 Å². The van der Waals surface area contributed by atoms with Gasteiger partial charge < -0.3 is 0 Å². The van der Waals surface area contributed by atoms with Gasteiger partial charge in [0, 0.05) is 30.5 Å². The standard InChI is InChI=1S/C25H22N4O2/c30-22-27(15-9-5-2-6-10-15)23(31)29-21-18-16-17(18)20(28(22)29)24-12-26(13-25(21,24)19(16)24)11-14-7-3-1-4-8-14/h1-10,16-21H,11-13H2/t16?,17-,18+,19?,20-,21-,24+,25-/m0/s1. The highest BCUT2D eigenvalue weighted by Crippen LogP contribution is 3.03. The summed E-state index contributed by atoms with van der Waals surface area (Å²) in [6.45, 7) is 3.11. The van der Waals surface area contributed by atoms with Crippen molar-refractivity contribution in [3.8, 4) is 5.69 Å². The summed E-state index contributed by atoms with van der Waals surface area (Å²) in [6, 6.07) is 20.5. The van der Waals surface area contributed by atoms with Crippen LogP contribution in [0.4, 0.5) is 0 Å². The molecule has 1 aromatic heterocycles. The minimum Gasteiger partial charge on any atom is -0.298 e. The van der Waals surface area contributed by atoms with Crippen molar-refractivity contribution in [3.63, 3.8) is 0 Å². The first-order valence-corrected chi connectivity index (χ1v) is 11.5. The largest absolute Gasteiger partial charge is 0.352 e. The second kappa shape index (κ2) is 4.51. The van der Waals surface area contributed by atoms with Crippen molar-refractivity contribution in [3.05, 3.63) is 87.2 Å². The Hall–Kier alpha value is -2.86. The van der Waals surface area contributed by atoms with E-state index < -0.39 is 0 Å². The number of rotatable bonds is 3. The second-order valence-corrected chi connectivity index (χ2v) is 10.7. The van der Waals surface area contributed by atoms with Crippen LogP contribution in [0.1, 0.15) is 17.6 Å². The fourth-order valence-corrected chi connectivity index (χ4v) is 9.61. The van der Waals surface area contributed by atoms with Gasteiger partial charge in [-0.05, 0) is 41.4 Å². The topological polar surface area (TPSA) is 52.2 Å². The Kier molecular flexibility index (Phi) is 2.31. The highest BCUT2D eigenvalue weighted by Gasteiger charge is 3.04. The predicted molar refractivity (Wildman–Crippen MR) is 113 cm³/mol. The molecule has 0 amide bonds. The monoisotopic (exact) mass is 410 g/mol. The third-order valence-electron chi connectivity index (χ3n) is 10.0. The number of piperidine rings is 1. The molecule has 2 aromatic carbocycles. The maximum Gasteiger partial charge on any atom is 0.352 e. The highest BCUT2D eigenvalue weighted by atomic mass is 16.2. The number of hydrogen-bond acceptors (Lipinski definition) is 3. The number of likely N-dealkylation sites (tertiary alicyclic amines) is 1. The number of hydrogen-bond donors (Lipinski definition) is 0. The van der Waals surface area contributed by atoms with Crippen LogP contribution in [0.3, 0.4) is 0 Å². The average Bonchev–Trinajstić information content (AvgIpc) is 3.40. The van der Waals surface area contributed by atoms with Gasteiger partial charge in [-0.2, -0.15) is 0 Å². The minimum atomic E-state index is -0.132. The van der Waals surface area contributed by atoms with Crippen molar-refractivity contribution in [2.75, 3.05) is 13.1 Å². The van der Waals surface area contributed by atoms with Crippen LogP contribution in [-0.4, -0.2) is 31.9 Å². The van der Waals surface area contributed by atoms with Crippen LogP contribution in [0, 0.1) is 34.5 Å². The fraction of sp³-hybridized carbons (Fsp3) is 0.440.